The van der Waals surface area contributed by atoms with Crippen molar-refractivity contribution in [1.29, 1.82) is 0 Å². The number of amides is 1. The van der Waals surface area contributed by atoms with Gasteiger partial charge in [-0.3, -0.25) is 4.79 Å². The molecule has 0 radical (unpaired) electrons. The Kier molecular flexibility index (Phi) is 5.95. The van der Waals surface area contributed by atoms with Crippen molar-refractivity contribution < 1.29 is 13.9 Å². The Morgan fingerprint density at radius 2 is 2.00 bits per heavy atom. The van der Waals surface area contributed by atoms with Crippen molar-refractivity contribution >= 4 is 5.91 Å². The summed E-state index contributed by atoms with van der Waals surface area (Å²) in [6.45, 7) is 2.98. The molecule has 0 aliphatic carbocycles. The van der Waals surface area contributed by atoms with Gasteiger partial charge in [-0.1, -0.05) is 30.3 Å². The Balaban J connectivity index is 1.80. The number of aryl methyl sites for hydroxylation is 1. The molecule has 0 heterocycles. The van der Waals surface area contributed by atoms with Crippen molar-refractivity contribution in [1.82, 2.24) is 5.32 Å². The summed E-state index contributed by atoms with van der Waals surface area (Å²) < 4.78 is 18.9. The van der Waals surface area contributed by atoms with E-state index in [0.29, 0.717) is 25.1 Å². The molecule has 0 aliphatic rings. The van der Waals surface area contributed by atoms with Crippen LogP contribution in [0.3, 0.4) is 0 Å². The first kappa shape index (κ1) is 16.0. The van der Waals surface area contributed by atoms with Gasteiger partial charge in [-0.05, 0) is 42.7 Å². The zero-order chi connectivity index (χ0) is 15.8. The van der Waals surface area contributed by atoms with Crippen molar-refractivity contribution in [3.63, 3.8) is 0 Å². The molecule has 22 heavy (non-hydrogen) atoms. The molecule has 0 saturated carbocycles. The molecule has 1 amide bonds. The van der Waals surface area contributed by atoms with E-state index in [1.54, 1.807) is 18.2 Å². The van der Waals surface area contributed by atoms with E-state index < -0.39 is 0 Å². The lowest BCUT2D eigenvalue weighted by Crippen LogP contribution is -2.23. The molecule has 4 heteroatoms. The summed E-state index contributed by atoms with van der Waals surface area (Å²) in [6.07, 6.45) is 0.670. The maximum absolute atomic E-state index is 13.5. The molecule has 2 aromatic carbocycles. The number of hydrogen-bond acceptors (Lipinski definition) is 2. The molecule has 1 N–H and O–H groups in total. The van der Waals surface area contributed by atoms with E-state index in [-0.39, 0.29) is 18.1 Å². The van der Waals surface area contributed by atoms with Crippen molar-refractivity contribution in [2.75, 3.05) is 6.61 Å². The summed E-state index contributed by atoms with van der Waals surface area (Å²) in [4.78, 5) is 11.8. The highest BCUT2D eigenvalue weighted by Crippen LogP contribution is 2.13. The van der Waals surface area contributed by atoms with Crippen LogP contribution in [0.4, 0.5) is 4.39 Å². The smallest absolute Gasteiger partial charge is 0.220 e. The molecule has 116 valence electrons. The van der Waals surface area contributed by atoms with Gasteiger partial charge >= 0.3 is 0 Å². The quantitative estimate of drug-likeness (QED) is 0.850. The SMILES string of the molecule is CCOc1cccc(CNC(=O)CCc2ccccc2F)c1. The summed E-state index contributed by atoms with van der Waals surface area (Å²) in [5, 5.41) is 2.84. The van der Waals surface area contributed by atoms with Crippen LogP contribution in [0.25, 0.3) is 0 Å². The van der Waals surface area contributed by atoms with Gasteiger partial charge in [0, 0.05) is 13.0 Å². The van der Waals surface area contributed by atoms with Gasteiger partial charge in [0.1, 0.15) is 11.6 Å². The minimum atomic E-state index is -0.264. The molecule has 3 nitrogen and oxygen atoms in total. The minimum absolute atomic E-state index is 0.0925. The molecular weight excluding hydrogens is 281 g/mol. The Labute approximate surface area is 130 Å². The number of rotatable bonds is 7. The zero-order valence-corrected chi connectivity index (χ0v) is 12.6. The second-order valence-corrected chi connectivity index (χ2v) is 4.95. The van der Waals surface area contributed by atoms with Gasteiger partial charge in [0.25, 0.3) is 0 Å². The Morgan fingerprint density at radius 3 is 2.77 bits per heavy atom. The third kappa shape index (κ3) is 4.88. The van der Waals surface area contributed by atoms with E-state index in [9.17, 15) is 9.18 Å². The molecule has 0 aromatic heterocycles. The first-order valence-corrected chi connectivity index (χ1v) is 7.41. The maximum Gasteiger partial charge on any atom is 0.220 e. The second-order valence-electron chi connectivity index (χ2n) is 4.95. The molecule has 0 saturated heterocycles. The standard InChI is InChI=1S/C18H20FNO2/c1-2-22-16-8-5-6-14(12-16)13-20-18(21)11-10-15-7-3-4-9-17(15)19/h3-9,12H,2,10-11,13H2,1H3,(H,20,21). The van der Waals surface area contributed by atoms with Crippen LogP contribution in [0.5, 0.6) is 5.75 Å². The topological polar surface area (TPSA) is 38.3 Å². The van der Waals surface area contributed by atoms with Crippen molar-refractivity contribution in [3.05, 3.63) is 65.5 Å². The minimum Gasteiger partial charge on any atom is -0.494 e. The number of halogens is 1. The van der Waals surface area contributed by atoms with Gasteiger partial charge in [-0.25, -0.2) is 4.39 Å². The van der Waals surface area contributed by atoms with E-state index in [0.717, 1.165) is 11.3 Å². The molecule has 0 unspecified atom stereocenters. The van der Waals surface area contributed by atoms with Gasteiger partial charge in [0.05, 0.1) is 6.61 Å². The van der Waals surface area contributed by atoms with Gasteiger partial charge in [0.2, 0.25) is 5.91 Å². The highest BCUT2D eigenvalue weighted by Gasteiger charge is 2.06. The molecule has 0 atom stereocenters. The third-order valence-electron chi connectivity index (χ3n) is 3.28. The summed E-state index contributed by atoms with van der Waals surface area (Å²) in [6, 6.07) is 14.1. The van der Waals surface area contributed by atoms with Crippen LogP contribution in [-0.4, -0.2) is 12.5 Å². The lowest BCUT2D eigenvalue weighted by atomic mass is 10.1. The molecule has 0 fully saturated rings. The Morgan fingerprint density at radius 1 is 1.18 bits per heavy atom. The van der Waals surface area contributed by atoms with Gasteiger partial charge in [-0.15, -0.1) is 0 Å². The Bertz CT molecular complexity index is 628. The number of carbonyl (C=O) groups excluding carboxylic acids is 1. The van der Waals surface area contributed by atoms with Crippen LogP contribution >= 0.6 is 0 Å². The average Bonchev–Trinajstić information content (AvgIpc) is 2.53. The number of carbonyl (C=O) groups is 1. The first-order valence-electron chi connectivity index (χ1n) is 7.41. The summed E-state index contributed by atoms with van der Waals surface area (Å²) in [7, 11) is 0. The summed E-state index contributed by atoms with van der Waals surface area (Å²) in [5.74, 6) is 0.436. The van der Waals surface area contributed by atoms with Gasteiger partial charge in [0.15, 0.2) is 0 Å². The van der Waals surface area contributed by atoms with E-state index in [1.165, 1.54) is 6.07 Å². The third-order valence-corrected chi connectivity index (χ3v) is 3.28. The van der Waals surface area contributed by atoms with Crippen LogP contribution < -0.4 is 10.1 Å². The fraction of sp³-hybridized carbons (Fsp3) is 0.278. The average molecular weight is 301 g/mol. The monoisotopic (exact) mass is 301 g/mol. The summed E-state index contributed by atoms with van der Waals surface area (Å²) >= 11 is 0. The normalized spacial score (nSPS) is 10.3. The van der Waals surface area contributed by atoms with E-state index >= 15 is 0 Å². The fourth-order valence-corrected chi connectivity index (χ4v) is 2.15. The largest absolute Gasteiger partial charge is 0.494 e. The predicted octanol–water partition coefficient (Wildman–Crippen LogP) is 3.47. The molecule has 0 bridgehead atoms. The second kappa shape index (κ2) is 8.17. The lowest BCUT2D eigenvalue weighted by Gasteiger charge is -2.08. The maximum atomic E-state index is 13.5. The molecular formula is C18H20FNO2. The molecule has 0 aliphatic heterocycles. The number of benzene rings is 2. The number of hydrogen-bond donors (Lipinski definition) is 1. The number of ether oxygens (including phenoxy) is 1. The van der Waals surface area contributed by atoms with Crippen LogP contribution in [-0.2, 0) is 17.8 Å². The van der Waals surface area contributed by atoms with Gasteiger partial charge < -0.3 is 10.1 Å². The number of nitrogens with one attached hydrogen (secondary N) is 1. The van der Waals surface area contributed by atoms with Crippen molar-refractivity contribution in [3.8, 4) is 5.75 Å². The van der Waals surface area contributed by atoms with Crippen LogP contribution in [0.15, 0.2) is 48.5 Å². The highest BCUT2D eigenvalue weighted by molar-refractivity contribution is 5.76. The summed E-state index contributed by atoms with van der Waals surface area (Å²) in [5.41, 5.74) is 1.54. The van der Waals surface area contributed by atoms with E-state index in [2.05, 4.69) is 5.32 Å². The van der Waals surface area contributed by atoms with Crippen molar-refractivity contribution in [2.24, 2.45) is 0 Å². The Hall–Kier alpha value is -2.36. The highest BCUT2D eigenvalue weighted by atomic mass is 19.1. The van der Waals surface area contributed by atoms with Gasteiger partial charge in [-0.2, -0.15) is 0 Å². The molecule has 0 spiro atoms. The fourth-order valence-electron chi connectivity index (χ4n) is 2.15. The predicted molar refractivity (Wildman–Crippen MR) is 84.2 cm³/mol. The first-order chi connectivity index (χ1) is 10.7. The van der Waals surface area contributed by atoms with Crippen LogP contribution in [0.1, 0.15) is 24.5 Å². The van der Waals surface area contributed by atoms with E-state index in [1.807, 2.05) is 31.2 Å². The van der Waals surface area contributed by atoms with Crippen LogP contribution in [0.2, 0.25) is 0 Å². The molecule has 2 aromatic rings. The van der Waals surface area contributed by atoms with Crippen molar-refractivity contribution in [2.45, 2.75) is 26.3 Å². The van der Waals surface area contributed by atoms with Crippen LogP contribution in [0, 0.1) is 5.82 Å². The lowest BCUT2D eigenvalue weighted by molar-refractivity contribution is -0.121. The molecule has 2 rings (SSSR count). The zero-order valence-electron chi connectivity index (χ0n) is 12.6. The van der Waals surface area contributed by atoms with E-state index in [4.69, 9.17) is 4.74 Å².